The van der Waals surface area contributed by atoms with E-state index >= 15 is 0 Å². The summed E-state index contributed by atoms with van der Waals surface area (Å²) in [6.45, 7) is 6.89. The van der Waals surface area contributed by atoms with Gasteiger partial charge in [-0.1, -0.05) is 78.1 Å². The van der Waals surface area contributed by atoms with E-state index in [-0.39, 0.29) is 11.9 Å². The van der Waals surface area contributed by atoms with Crippen LogP contribution in [-0.2, 0) is 28.5 Å². The van der Waals surface area contributed by atoms with E-state index in [0.29, 0.717) is 37.9 Å². The zero-order valence-corrected chi connectivity index (χ0v) is 24.2. The van der Waals surface area contributed by atoms with Crippen molar-refractivity contribution in [2.75, 3.05) is 40.6 Å². The van der Waals surface area contributed by atoms with Crippen molar-refractivity contribution in [3.05, 3.63) is 0 Å². The molecule has 0 saturated carbocycles. The molecule has 2 atom stereocenters. The molecule has 0 saturated heterocycles. The molecule has 36 heavy (non-hydrogen) atoms. The van der Waals surface area contributed by atoms with Crippen LogP contribution in [-0.4, -0.2) is 52.6 Å². The second kappa shape index (κ2) is 26.9. The Bertz CT molecular complexity index is 452. The number of unbranched alkanes of at least 4 members (excludes halogenated alkanes) is 9. The quantitative estimate of drug-likeness (QED) is 0.0827. The topological polar surface area (TPSA) is 71.1 Å². The highest BCUT2D eigenvalue weighted by Crippen LogP contribution is 2.17. The molecule has 0 aliphatic carbocycles. The third-order valence-corrected chi connectivity index (χ3v) is 6.86. The predicted molar refractivity (Wildman–Crippen MR) is 147 cm³/mol. The first kappa shape index (κ1) is 34.9. The van der Waals surface area contributed by atoms with Gasteiger partial charge in [-0.05, 0) is 50.4 Å². The monoisotopic (exact) mass is 514 g/mol. The molecule has 0 aromatic carbocycles. The molecular weight excluding hydrogens is 456 g/mol. The second-order valence-electron chi connectivity index (χ2n) is 10.3. The Morgan fingerprint density at radius 2 is 0.917 bits per heavy atom. The van der Waals surface area contributed by atoms with Gasteiger partial charge in [-0.2, -0.15) is 0 Å². The minimum absolute atomic E-state index is 0.0749. The molecule has 0 rings (SSSR count). The number of carbonyl (C=O) groups excluding carboxylic acids is 2. The first-order valence-electron chi connectivity index (χ1n) is 14.9. The van der Waals surface area contributed by atoms with Gasteiger partial charge in [0.25, 0.3) is 0 Å². The van der Waals surface area contributed by atoms with E-state index < -0.39 is 0 Å². The average molecular weight is 515 g/mol. The van der Waals surface area contributed by atoms with E-state index in [0.717, 1.165) is 77.4 Å². The van der Waals surface area contributed by atoms with E-state index in [9.17, 15) is 9.59 Å². The van der Waals surface area contributed by atoms with Crippen LogP contribution in [0.1, 0.15) is 129 Å². The Balaban J connectivity index is 3.78. The van der Waals surface area contributed by atoms with Gasteiger partial charge in [0.15, 0.2) is 0 Å². The molecule has 0 aromatic heterocycles. The zero-order chi connectivity index (χ0) is 26.7. The number of methoxy groups -OCH3 is 2. The van der Waals surface area contributed by atoms with Gasteiger partial charge in [-0.15, -0.1) is 0 Å². The van der Waals surface area contributed by atoms with Crippen molar-refractivity contribution >= 4 is 11.9 Å². The normalized spacial score (nSPS) is 12.9. The van der Waals surface area contributed by atoms with Crippen LogP contribution < -0.4 is 0 Å². The van der Waals surface area contributed by atoms with Gasteiger partial charge in [-0.25, -0.2) is 0 Å². The summed E-state index contributed by atoms with van der Waals surface area (Å²) in [6.07, 6.45) is 18.3. The third kappa shape index (κ3) is 23.3. The SMILES string of the molecule is CCCCCC(CCOC)COC(=O)CCCCCCCCC(=O)OCC(CCCCC)CCOC. The Kier molecular flexibility index (Phi) is 26.1. The molecule has 0 amide bonds. The highest BCUT2D eigenvalue weighted by molar-refractivity contribution is 5.69. The molecule has 0 aliphatic heterocycles. The van der Waals surface area contributed by atoms with Crippen molar-refractivity contribution in [3.8, 4) is 0 Å². The van der Waals surface area contributed by atoms with Gasteiger partial charge in [0.2, 0.25) is 0 Å². The molecule has 0 radical (unpaired) electrons. The number of ether oxygens (including phenoxy) is 4. The summed E-state index contributed by atoms with van der Waals surface area (Å²) in [4.78, 5) is 24.2. The zero-order valence-electron chi connectivity index (χ0n) is 24.2. The van der Waals surface area contributed by atoms with Crippen molar-refractivity contribution in [2.45, 2.75) is 129 Å². The third-order valence-electron chi connectivity index (χ3n) is 6.86. The molecule has 0 aromatic rings. The van der Waals surface area contributed by atoms with Crippen LogP contribution in [0.25, 0.3) is 0 Å². The Morgan fingerprint density at radius 1 is 0.528 bits per heavy atom. The maximum atomic E-state index is 12.1. The lowest BCUT2D eigenvalue weighted by Crippen LogP contribution is -2.16. The molecule has 0 fully saturated rings. The van der Waals surface area contributed by atoms with Gasteiger partial charge in [-0.3, -0.25) is 9.59 Å². The summed E-state index contributed by atoms with van der Waals surface area (Å²) < 4.78 is 21.5. The van der Waals surface area contributed by atoms with Gasteiger partial charge in [0.05, 0.1) is 13.2 Å². The summed E-state index contributed by atoms with van der Waals surface area (Å²) >= 11 is 0. The van der Waals surface area contributed by atoms with Crippen molar-refractivity contribution in [1.82, 2.24) is 0 Å². The van der Waals surface area contributed by atoms with E-state index in [1.54, 1.807) is 14.2 Å². The molecule has 6 heteroatoms. The highest BCUT2D eigenvalue weighted by Gasteiger charge is 2.13. The fourth-order valence-electron chi connectivity index (χ4n) is 4.37. The molecule has 2 unspecified atom stereocenters. The molecule has 0 heterocycles. The van der Waals surface area contributed by atoms with E-state index in [4.69, 9.17) is 18.9 Å². The summed E-state index contributed by atoms with van der Waals surface area (Å²) in [7, 11) is 3.44. The first-order chi connectivity index (χ1) is 17.6. The lowest BCUT2D eigenvalue weighted by atomic mass is 9.99. The lowest BCUT2D eigenvalue weighted by Gasteiger charge is -2.16. The molecule has 6 nitrogen and oxygen atoms in total. The minimum atomic E-state index is -0.0749. The van der Waals surface area contributed by atoms with Crippen LogP contribution >= 0.6 is 0 Å². The molecule has 0 spiro atoms. The molecule has 0 bridgehead atoms. The molecular formula is C30H58O6. The van der Waals surface area contributed by atoms with Gasteiger partial charge >= 0.3 is 11.9 Å². The van der Waals surface area contributed by atoms with E-state index in [1.807, 2.05) is 0 Å². The van der Waals surface area contributed by atoms with Crippen molar-refractivity contribution < 1.29 is 28.5 Å². The molecule has 0 aliphatic rings. The number of carbonyl (C=O) groups is 2. The first-order valence-corrected chi connectivity index (χ1v) is 14.9. The van der Waals surface area contributed by atoms with Crippen LogP contribution in [0.5, 0.6) is 0 Å². The van der Waals surface area contributed by atoms with E-state index in [2.05, 4.69) is 13.8 Å². The van der Waals surface area contributed by atoms with Gasteiger partial charge < -0.3 is 18.9 Å². The maximum Gasteiger partial charge on any atom is 0.305 e. The Labute approximate surface area is 222 Å². The minimum Gasteiger partial charge on any atom is -0.465 e. The number of hydrogen-bond donors (Lipinski definition) is 0. The van der Waals surface area contributed by atoms with Gasteiger partial charge in [0.1, 0.15) is 0 Å². The van der Waals surface area contributed by atoms with Gasteiger partial charge in [0, 0.05) is 40.3 Å². The maximum absolute atomic E-state index is 12.1. The van der Waals surface area contributed by atoms with Crippen LogP contribution in [0.3, 0.4) is 0 Å². The lowest BCUT2D eigenvalue weighted by molar-refractivity contribution is -0.146. The fourth-order valence-corrected chi connectivity index (χ4v) is 4.37. The molecule has 0 N–H and O–H groups in total. The standard InChI is InChI=1S/C30H58O6/c1-5-7-13-17-27(21-23-33-3)25-35-29(31)19-15-11-9-10-12-16-20-30(32)36-26-28(22-24-34-4)18-14-8-6-2/h27-28H,5-26H2,1-4H3. The fraction of sp³-hybridized carbons (Fsp3) is 0.933. The Morgan fingerprint density at radius 3 is 1.28 bits per heavy atom. The average Bonchev–Trinajstić information content (AvgIpc) is 2.88. The summed E-state index contributed by atoms with van der Waals surface area (Å²) in [5.74, 6) is 0.664. The number of esters is 2. The smallest absolute Gasteiger partial charge is 0.305 e. The summed E-state index contributed by atoms with van der Waals surface area (Å²) in [6, 6.07) is 0. The predicted octanol–water partition coefficient (Wildman–Crippen LogP) is 7.66. The van der Waals surface area contributed by atoms with Crippen LogP contribution in [0, 0.1) is 11.8 Å². The van der Waals surface area contributed by atoms with Crippen molar-refractivity contribution in [1.29, 1.82) is 0 Å². The highest BCUT2D eigenvalue weighted by atomic mass is 16.5. The van der Waals surface area contributed by atoms with Crippen LogP contribution in [0.15, 0.2) is 0 Å². The van der Waals surface area contributed by atoms with Crippen LogP contribution in [0.2, 0.25) is 0 Å². The van der Waals surface area contributed by atoms with Crippen molar-refractivity contribution in [3.63, 3.8) is 0 Å². The number of rotatable bonds is 27. The largest absolute Gasteiger partial charge is 0.465 e. The summed E-state index contributed by atoms with van der Waals surface area (Å²) in [5.41, 5.74) is 0. The van der Waals surface area contributed by atoms with E-state index in [1.165, 1.54) is 38.5 Å². The van der Waals surface area contributed by atoms with Crippen molar-refractivity contribution in [2.24, 2.45) is 11.8 Å². The van der Waals surface area contributed by atoms with Crippen LogP contribution in [0.4, 0.5) is 0 Å². The Hall–Kier alpha value is -1.14. The second-order valence-corrected chi connectivity index (χ2v) is 10.3. The molecule has 214 valence electrons. The summed E-state index contributed by atoms with van der Waals surface area (Å²) in [5, 5.41) is 0. The number of hydrogen-bond acceptors (Lipinski definition) is 6.